The fraction of sp³-hybridized carbons (Fsp3) is 0.0833. The van der Waals surface area contributed by atoms with Gasteiger partial charge in [0.2, 0.25) is 5.91 Å². The van der Waals surface area contributed by atoms with Crippen LogP contribution in [0.5, 0.6) is 0 Å². The van der Waals surface area contributed by atoms with Crippen LogP contribution in [0.15, 0.2) is 72.8 Å². The Balaban J connectivity index is 2.23. The zero-order chi connectivity index (χ0) is 21.8. The first kappa shape index (κ1) is 20.7. The van der Waals surface area contributed by atoms with Gasteiger partial charge in [0, 0.05) is 22.3 Å². The average molecular weight is 400 g/mol. The minimum Gasteiger partial charge on any atom is -0.366 e. The van der Waals surface area contributed by atoms with Crippen LogP contribution in [0.1, 0.15) is 55.3 Å². The zero-order valence-corrected chi connectivity index (χ0v) is 16.6. The number of Topliss-reactive ketones (excluding diaryl/α,β-unsaturated/α-hetero) is 2. The van der Waals surface area contributed by atoms with E-state index in [-0.39, 0.29) is 22.7 Å². The fourth-order valence-corrected chi connectivity index (χ4v) is 3.19. The third-order valence-electron chi connectivity index (χ3n) is 4.67. The van der Waals surface area contributed by atoms with Crippen molar-refractivity contribution >= 4 is 34.8 Å². The zero-order valence-electron chi connectivity index (χ0n) is 16.6. The Morgan fingerprint density at radius 1 is 0.633 bits per heavy atom. The number of carbonyl (C=O) groups excluding carboxylic acids is 4. The molecule has 0 saturated carbocycles. The number of para-hydroxylation sites is 2. The van der Waals surface area contributed by atoms with Crippen molar-refractivity contribution in [3.05, 3.63) is 95.1 Å². The highest BCUT2D eigenvalue weighted by Gasteiger charge is 2.26. The normalized spacial score (nSPS) is 10.3. The Morgan fingerprint density at radius 2 is 1.03 bits per heavy atom. The van der Waals surface area contributed by atoms with E-state index in [2.05, 4.69) is 0 Å². The number of carbonyl (C=O) groups is 4. The van der Waals surface area contributed by atoms with Gasteiger partial charge in [-0.2, -0.15) is 0 Å². The molecule has 0 heterocycles. The molecule has 3 rings (SSSR count). The van der Waals surface area contributed by atoms with Crippen LogP contribution < -0.4 is 10.6 Å². The minimum absolute atomic E-state index is 0.215. The van der Waals surface area contributed by atoms with Crippen LogP contribution in [0, 0.1) is 0 Å². The number of nitrogens with two attached hydrogens (primary N) is 1. The van der Waals surface area contributed by atoms with Gasteiger partial charge in [-0.25, -0.2) is 0 Å². The number of rotatable bonds is 6. The molecule has 0 unspecified atom stereocenters. The van der Waals surface area contributed by atoms with Gasteiger partial charge >= 0.3 is 0 Å². The van der Waals surface area contributed by atoms with E-state index in [9.17, 15) is 19.2 Å². The summed E-state index contributed by atoms with van der Waals surface area (Å²) in [5.74, 6) is -1.48. The molecule has 6 heteroatoms. The van der Waals surface area contributed by atoms with Crippen LogP contribution in [0.25, 0.3) is 0 Å². The van der Waals surface area contributed by atoms with Crippen molar-refractivity contribution < 1.29 is 19.2 Å². The van der Waals surface area contributed by atoms with Gasteiger partial charge in [0.1, 0.15) is 0 Å². The lowest BCUT2D eigenvalue weighted by Gasteiger charge is -2.26. The van der Waals surface area contributed by atoms with Crippen molar-refractivity contribution in [2.24, 2.45) is 5.73 Å². The van der Waals surface area contributed by atoms with Gasteiger partial charge in [0.05, 0.1) is 11.4 Å². The van der Waals surface area contributed by atoms with Crippen LogP contribution in [-0.2, 0) is 0 Å². The second-order valence-corrected chi connectivity index (χ2v) is 6.73. The molecule has 2 amide bonds. The molecule has 0 aliphatic rings. The predicted molar refractivity (Wildman–Crippen MR) is 114 cm³/mol. The third kappa shape index (κ3) is 4.03. The molecule has 3 aromatic rings. The summed E-state index contributed by atoms with van der Waals surface area (Å²) in [6, 6.07) is 19.3. The molecule has 0 saturated heterocycles. The summed E-state index contributed by atoms with van der Waals surface area (Å²) in [6.45, 7) is 2.83. The average Bonchev–Trinajstić information content (AvgIpc) is 2.74. The number of hydrogen-bond donors (Lipinski definition) is 1. The summed E-state index contributed by atoms with van der Waals surface area (Å²) in [5.41, 5.74) is 7.24. The topological polar surface area (TPSA) is 97.5 Å². The number of hydrogen-bond acceptors (Lipinski definition) is 4. The molecule has 30 heavy (non-hydrogen) atoms. The molecule has 0 fully saturated rings. The molecule has 0 bridgehead atoms. The molecule has 2 N–H and O–H groups in total. The Kier molecular flexibility index (Phi) is 5.88. The molecule has 0 aliphatic heterocycles. The van der Waals surface area contributed by atoms with Crippen molar-refractivity contribution in [2.75, 3.05) is 4.90 Å². The monoisotopic (exact) mass is 400 g/mol. The second-order valence-electron chi connectivity index (χ2n) is 6.73. The van der Waals surface area contributed by atoms with E-state index in [4.69, 9.17) is 5.73 Å². The predicted octanol–water partition coefficient (Wildman–Crippen LogP) is 4.17. The summed E-state index contributed by atoms with van der Waals surface area (Å²) in [6.07, 6.45) is 0. The molecule has 0 spiro atoms. The number of primary amides is 1. The highest BCUT2D eigenvalue weighted by molar-refractivity contribution is 6.17. The maximum Gasteiger partial charge on any atom is 0.262 e. The van der Waals surface area contributed by atoms with Crippen molar-refractivity contribution in [3.8, 4) is 0 Å². The highest BCUT2D eigenvalue weighted by Crippen LogP contribution is 2.33. The van der Waals surface area contributed by atoms with Crippen LogP contribution in [-0.4, -0.2) is 23.4 Å². The third-order valence-corrected chi connectivity index (χ3v) is 4.67. The largest absolute Gasteiger partial charge is 0.366 e. The van der Waals surface area contributed by atoms with E-state index in [0.717, 1.165) is 0 Å². The summed E-state index contributed by atoms with van der Waals surface area (Å²) in [5, 5.41) is 0. The Labute approximate surface area is 173 Å². The van der Waals surface area contributed by atoms with Crippen molar-refractivity contribution in [2.45, 2.75) is 13.8 Å². The van der Waals surface area contributed by atoms with Crippen LogP contribution in [0.3, 0.4) is 0 Å². The molecular weight excluding hydrogens is 380 g/mol. The standard InChI is InChI=1S/C24H20N2O4/c1-15(27)19-7-3-5-9-21(19)26(22-10-6-4-8-20(22)16(2)28)24(30)18-13-11-17(12-14-18)23(25)29/h3-14H,1-2H3,(H2,25,29). The van der Waals surface area contributed by atoms with Gasteiger partial charge in [-0.3, -0.25) is 24.1 Å². The lowest BCUT2D eigenvalue weighted by atomic mass is 10.0. The first-order valence-corrected chi connectivity index (χ1v) is 9.25. The molecule has 0 aliphatic carbocycles. The Morgan fingerprint density at radius 3 is 1.43 bits per heavy atom. The molecule has 0 radical (unpaired) electrons. The molecule has 0 atom stereocenters. The number of nitrogens with zero attached hydrogens (tertiary/aromatic N) is 1. The summed E-state index contributed by atoms with van der Waals surface area (Å²) >= 11 is 0. The van der Waals surface area contributed by atoms with Gasteiger partial charge < -0.3 is 5.73 Å². The van der Waals surface area contributed by atoms with E-state index >= 15 is 0 Å². The van der Waals surface area contributed by atoms with Crippen molar-refractivity contribution in [1.29, 1.82) is 0 Å². The number of anilines is 2. The SMILES string of the molecule is CC(=O)c1ccccc1N(C(=O)c1ccc(C(N)=O)cc1)c1ccccc1C(C)=O. The molecule has 6 nitrogen and oxygen atoms in total. The van der Waals surface area contributed by atoms with Crippen LogP contribution in [0.4, 0.5) is 11.4 Å². The van der Waals surface area contributed by atoms with E-state index in [1.165, 1.54) is 43.0 Å². The van der Waals surface area contributed by atoms with Gasteiger partial charge in [0.15, 0.2) is 11.6 Å². The van der Waals surface area contributed by atoms with Gasteiger partial charge in [-0.15, -0.1) is 0 Å². The minimum atomic E-state index is -0.602. The summed E-state index contributed by atoms with van der Waals surface area (Å²) in [4.78, 5) is 50.8. The second kappa shape index (κ2) is 8.53. The Hall–Kier alpha value is -4.06. The molecular formula is C24H20N2O4. The Bertz CT molecular complexity index is 1090. The number of amides is 2. The lowest BCUT2D eigenvalue weighted by molar-refractivity contribution is 0.0985. The van der Waals surface area contributed by atoms with Gasteiger partial charge in [-0.1, -0.05) is 24.3 Å². The van der Waals surface area contributed by atoms with Crippen LogP contribution >= 0.6 is 0 Å². The summed E-state index contributed by atoms with van der Waals surface area (Å²) < 4.78 is 0. The van der Waals surface area contributed by atoms with Gasteiger partial charge in [-0.05, 0) is 62.4 Å². The molecule has 0 aromatic heterocycles. The quantitative estimate of drug-likeness (QED) is 0.628. The maximum absolute atomic E-state index is 13.6. The number of benzene rings is 3. The van der Waals surface area contributed by atoms with E-state index < -0.39 is 11.8 Å². The molecule has 150 valence electrons. The first-order valence-electron chi connectivity index (χ1n) is 9.25. The molecule has 3 aromatic carbocycles. The van der Waals surface area contributed by atoms with E-state index in [0.29, 0.717) is 22.5 Å². The fourth-order valence-electron chi connectivity index (χ4n) is 3.19. The van der Waals surface area contributed by atoms with E-state index in [1.54, 1.807) is 48.5 Å². The first-order chi connectivity index (χ1) is 14.3. The van der Waals surface area contributed by atoms with Gasteiger partial charge in [0.25, 0.3) is 5.91 Å². The highest BCUT2D eigenvalue weighted by atomic mass is 16.2. The summed E-state index contributed by atoms with van der Waals surface area (Å²) in [7, 11) is 0. The van der Waals surface area contributed by atoms with Crippen molar-refractivity contribution in [3.63, 3.8) is 0 Å². The maximum atomic E-state index is 13.6. The van der Waals surface area contributed by atoms with Crippen LogP contribution in [0.2, 0.25) is 0 Å². The smallest absolute Gasteiger partial charge is 0.262 e. The van der Waals surface area contributed by atoms with Crippen molar-refractivity contribution in [1.82, 2.24) is 0 Å². The lowest BCUT2D eigenvalue weighted by Crippen LogP contribution is -2.29. The van der Waals surface area contributed by atoms with E-state index in [1.807, 2.05) is 0 Å². The number of ketones is 2.